The lowest BCUT2D eigenvalue weighted by Crippen LogP contribution is -2.66. The van der Waals surface area contributed by atoms with Crippen molar-refractivity contribution in [1.29, 1.82) is 0 Å². The summed E-state index contributed by atoms with van der Waals surface area (Å²) >= 11 is 0. The molecular formula is C26H22O7. The second-order valence-corrected chi connectivity index (χ2v) is 7.73. The van der Waals surface area contributed by atoms with Gasteiger partial charge in [0.25, 0.3) is 0 Å². The van der Waals surface area contributed by atoms with Crippen LogP contribution >= 0.6 is 0 Å². The number of hydrogen-bond acceptors (Lipinski definition) is 7. The molecule has 0 saturated heterocycles. The van der Waals surface area contributed by atoms with Crippen molar-refractivity contribution in [3.05, 3.63) is 90.0 Å². The molecule has 2 atom stereocenters. The SMILES string of the molecule is CCOC(=O)[C@]12CC(=O)C=C[C@@]1(C(=O)OCc1ccccc1)C(=O)C=C(c1ccccc1)O2. The van der Waals surface area contributed by atoms with Crippen LogP contribution in [0.15, 0.2) is 78.9 Å². The summed E-state index contributed by atoms with van der Waals surface area (Å²) in [7, 11) is 0. The molecule has 7 heteroatoms. The number of carbonyl (C=O) groups is 4. The van der Waals surface area contributed by atoms with Crippen molar-refractivity contribution >= 4 is 29.3 Å². The highest BCUT2D eigenvalue weighted by Gasteiger charge is 2.71. The number of esters is 2. The lowest BCUT2D eigenvalue weighted by atomic mass is 9.62. The Balaban J connectivity index is 1.82. The number of allylic oxidation sites excluding steroid dienone is 2. The Kier molecular flexibility index (Phi) is 5.96. The van der Waals surface area contributed by atoms with Gasteiger partial charge in [0.15, 0.2) is 17.0 Å². The number of carbonyl (C=O) groups excluding carboxylic acids is 4. The van der Waals surface area contributed by atoms with E-state index in [1.807, 2.05) is 6.07 Å². The van der Waals surface area contributed by atoms with E-state index in [1.54, 1.807) is 61.5 Å². The Morgan fingerprint density at radius 1 is 0.939 bits per heavy atom. The quantitative estimate of drug-likeness (QED) is 0.497. The van der Waals surface area contributed by atoms with E-state index < -0.39 is 40.9 Å². The van der Waals surface area contributed by atoms with Gasteiger partial charge in [-0.05, 0) is 18.6 Å². The first-order valence-electron chi connectivity index (χ1n) is 10.5. The molecule has 0 spiro atoms. The zero-order valence-electron chi connectivity index (χ0n) is 18.0. The van der Waals surface area contributed by atoms with Crippen molar-refractivity contribution in [1.82, 2.24) is 0 Å². The third-order valence-corrected chi connectivity index (χ3v) is 5.71. The molecule has 7 nitrogen and oxygen atoms in total. The number of benzene rings is 2. The van der Waals surface area contributed by atoms with E-state index in [0.29, 0.717) is 11.1 Å². The third-order valence-electron chi connectivity index (χ3n) is 5.71. The van der Waals surface area contributed by atoms with Crippen molar-refractivity contribution in [2.75, 3.05) is 6.61 Å². The van der Waals surface area contributed by atoms with E-state index in [0.717, 1.165) is 18.2 Å². The lowest BCUT2D eigenvalue weighted by Gasteiger charge is -2.47. The van der Waals surface area contributed by atoms with Gasteiger partial charge < -0.3 is 14.2 Å². The van der Waals surface area contributed by atoms with Gasteiger partial charge in [-0.2, -0.15) is 0 Å². The van der Waals surface area contributed by atoms with Crippen LogP contribution in [0.4, 0.5) is 0 Å². The van der Waals surface area contributed by atoms with Crippen LogP contribution in [0, 0.1) is 5.41 Å². The minimum absolute atomic E-state index is 0.0322. The molecule has 4 rings (SSSR count). The first-order valence-corrected chi connectivity index (χ1v) is 10.5. The zero-order chi connectivity index (χ0) is 23.5. The van der Waals surface area contributed by atoms with Crippen molar-refractivity contribution in [3.63, 3.8) is 0 Å². The highest BCUT2D eigenvalue weighted by Crippen LogP contribution is 2.50. The van der Waals surface area contributed by atoms with Crippen LogP contribution in [0.25, 0.3) is 5.76 Å². The van der Waals surface area contributed by atoms with Crippen LogP contribution < -0.4 is 0 Å². The average Bonchev–Trinajstić information content (AvgIpc) is 2.83. The maximum absolute atomic E-state index is 13.6. The van der Waals surface area contributed by atoms with Crippen LogP contribution in [0.2, 0.25) is 0 Å². The van der Waals surface area contributed by atoms with Gasteiger partial charge in [-0.25, -0.2) is 4.79 Å². The molecule has 0 amide bonds. The Hall–Kier alpha value is -4.00. The third kappa shape index (κ3) is 3.75. The second-order valence-electron chi connectivity index (χ2n) is 7.73. The summed E-state index contributed by atoms with van der Waals surface area (Å²) in [6.07, 6.45) is 2.85. The Labute approximate surface area is 190 Å². The summed E-state index contributed by atoms with van der Waals surface area (Å²) in [5.41, 5.74) is -3.20. The maximum Gasteiger partial charge on any atom is 0.353 e. The molecule has 168 valence electrons. The molecule has 0 N–H and O–H groups in total. The smallest absolute Gasteiger partial charge is 0.353 e. The molecule has 2 aromatic rings. The summed E-state index contributed by atoms with van der Waals surface area (Å²) in [5, 5.41) is 0. The lowest BCUT2D eigenvalue weighted by molar-refractivity contribution is -0.194. The molecule has 0 aromatic heterocycles. The molecule has 0 fully saturated rings. The number of fused-ring (bicyclic) bond motifs is 1. The van der Waals surface area contributed by atoms with Gasteiger partial charge in [-0.3, -0.25) is 14.4 Å². The molecule has 2 aromatic carbocycles. The topological polar surface area (TPSA) is 96.0 Å². The number of rotatable bonds is 6. The molecule has 1 heterocycles. The maximum atomic E-state index is 13.6. The van der Waals surface area contributed by atoms with Crippen molar-refractivity contribution in [3.8, 4) is 0 Å². The fraction of sp³-hybridized carbons (Fsp3) is 0.231. The Morgan fingerprint density at radius 2 is 1.61 bits per heavy atom. The van der Waals surface area contributed by atoms with Crippen molar-refractivity contribution in [2.24, 2.45) is 5.41 Å². The summed E-state index contributed by atoms with van der Waals surface area (Å²) in [4.78, 5) is 52.8. The minimum Gasteiger partial charge on any atom is -0.472 e. The predicted molar refractivity (Wildman–Crippen MR) is 117 cm³/mol. The van der Waals surface area contributed by atoms with E-state index >= 15 is 0 Å². The minimum atomic E-state index is -2.22. The van der Waals surface area contributed by atoms with Gasteiger partial charge in [-0.15, -0.1) is 0 Å². The zero-order valence-corrected chi connectivity index (χ0v) is 18.0. The van der Waals surface area contributed by atoms with E-state index in [4.69, 9.17) is 14.2 Å². The van der Waals surface area contributed by atoms with Crippen LogP contribution in [0.1, 0.15) is 24.5 Å². The summed E-state index contributed by atoms with van der Waals surface area (Å²) in [6, 6.07) is 17.6. The number of ketones is 2. The van der Waals surface area contributed by atoms with Crippen molar-refractivity contribution in [2.45, 2.75) is 25.6 Å². The van der Waals surface area contributed by atoms with E-state index in [9.17, 15) is 19.2 Å². The molecular weight excluding hydrogens is 424 g/mol. The highest BCUT2D eigenvalue weighted by atomic mass is 16.6. The Bertz CT molecular complexity index is 1150. The summed E-state index contributed by atoms with van der Waals surface area (Å²) in [6.45, 7) is 1.43. The molecule has 1 aliphatic carbocycles. The van der Waals surface area contributed by atoms with E-state index in [-0.39, 0.29) is 19.0 Å². The van der Waals surface area contributed by atoms with E-state index in [2.05, 4.69) is 0 Å². The molecule has 0 bridgehead atoms. The Morgan fingerprint density at radius 3 is 2.27 bits per heavy atom. The van der Waals surface area contributed by atoms with Crippen molar-refractivity contribution < 1.29 is 33.4 Å². The normalized spacial score (nSPS) is 23.7. The first kappa shape index (κ1) is 22.2. The fourth-order valence-corrected chi connectivity index (χ4v) is 4.08. The largest absolute Gasteiger partial charge is 0.472 e. The summed E-state index contributed by atoms with van der Waals surface area (Å²) < 4.78 is 16.8. The second kappa shape index (κ2) is 8.86. The molecule has 0 radical (unpaired) electrons. The van der Waals surface area contributed by atoms with Gasteiger partial charge in [0.1, 0.15) is 12.4 Å². The van der Waals surface area contributed by atoms with E-state index in [1.165, 1.54) is 0 Å². The van der Waals surface area contributed by atoms with Gasteiger partial charge in [-0.1, -0.05) is 66.7 Å². The fourth-order valence-electron chi connectivity index (χ4n) is 4.08. The summed E-state index contributed by atoms with van der Waals surface area (Å²) in [5.74, 6) is -3.09. The van der Waals surface area contributed by atoms with Gasteiger partial charge in [0.05, 0.1) is 13.0 Å². The molecule has 0 unspecified atom stereocenters. The molecule has 33 heavy (non-hydrogen) atoms. The highest BCUT2D eigenvalue weighted by molar-refractivity contribution is 6.21. The first-order chi connectivity index (χ1) is 15.9. The molecule has 2 aliphatic rings. The van der Waals surface area contributed by atoms with Crippen LogP contribution in [0.5, 0.6) is 0 Å². The standard InChI is InChI=1S/C26H22O7/c1-2-31-24(30)26-16-20(27)13-14-25(26,23(29)32-17-18-9-5-3-6-10-18)22(28)15-21(33-26)19-11-7-4-8-12-19/h3-15H,2,16-17H2,1H3/t25-,26+/m0/s1. The number of hydrogen-bond donors (Lipinski definition) is 0. The van der Waals surface area contributed by atoms with Crippen LogP contribution in [-0.2, 0) is 40.0 Å². The molecule has 1 aliphatic heterocycles. The average molecular weight is 446 g/mol. The van der Waals surface area contributed by atoms with Crippen LogP contribution in [0.3, 0.4) is 0 Å². The molecule has 0 saturated carbocycles. The number of ether oxygens (including phenoxy) is 3. The van der Waals surface area contributed by atoms with Crippen LogP contribution in [-0.4, -0.2) is 35.7 Å². The monoisotopic (exact) mass is 446 g/mol. The predicted octanol–water partition coefficient (Wildman–Crippen LogP) is 3.19. The van der Waals surface area contributed by atoms with Gasteiger partial charge in [0, 0.05) is 11.6 Å². The van der Waals surface area contributed by atoms with Gasteiger partial charge >= 0.3 is 11.9 Å². The van der Waals surface area contributed by atoms with Gasteiger partial charge in [0.2, 0.25) is 5.60 Å².